The summed E-state index contributed by atoms with van der Waals surface area (Å²) >= 11 is 0. The van der Waals surface area contributed by atoms with Crippen LogP contribution < -0.4 is 10.6 Å². The third kappa shape index (κ3) is 0.940. The Labute approximate surface area is 103 Å². The normalized spacial score (nSPS) is 37.2. The van der Waals surface area contributed by atoms with Crippen LogP contribution in [-0.4, -0.2) is 29.9 Å². The Bertz CT molecular complexity index is 529. The number of nitrogens with zero attached hydrogens (tertiary/aromatic N) is 2. The third-order valence-electron chi connectivity index (χ3n) is 4.36. The lowest BCUT2D eigenvalue weighted by Crippen LogP contribution is -2.94. The van der Waals surface area contributed by atoms with Crippen molar-refractivity contribution in [2.24, 2.45) is 0 Å². The summed E-state index contributed by atoms with van der Waals surface area (Å²) in [5, 5.41) is 1.66. The smallest absolute Gasteiger partial charge is 0.151 e. The van der Waals surface area contributed by atoms with E-state index in [1.165, 1.54) is 0 Å². The number of halogens is 2. The average Bonchev–Trinajstić information content (AvgIpc) is 2.21. The highest BCUT2D eigenvalue weighted by atomic mass is 19.1. The van der Waals surface area contributed by atoms with Crippen LogP contribution in [-0.2, 0) is 4.84 Å². The van der Waals surface area contributed by atoms with Crippen molar-refractivity contribution in [3.05, 3.63) is 23.8 Å². The summed E-state index contributed by atoms with van der Waals surface area (Å²) in [6.45, 7) is 0. The topological polar surface area (TPSA) is 41.7 Å². The minimum Gasteiger partial charge on any atom is -0.399 e. The van der Waals surface area contributed by atoms with E-state index in [-0.39, 0.29) is 29.2 Å². The number of hydroxylamine groups is 2. The van der Waals surface area contributed by atoms with Gasteiger partial charge in [0.1, 0.15) is 17.5 Å². The molecule has 1 saturated carbocycles. The van der Waals surface area contributed by atoms with Crippen molar-refractivity contribution >= 4 is 11.4 Å². The van der Waals surface area contributed by atoms with Gasteiger partial charge in [0.25, 0.3) is 0 Å². The first-order valence-electron chi connectivity index (χ1n) is 5.99. The molecule has 6 heteroatoms. The second-order valence-corrected chi connectivity index (χ2v) is 5.26. The van der Waals surface area contributed by atoms with Crippen LogP contribution >= 0.6 is 0 Å². The number of nitrogen functional groups attached to an aromatic ring is 1. The van der Waals surface area contributed by atoms with Crippen molar-refractivity contribution in [3.63, 3.8) is 0 Å². The molecular formula is C12H13F2N3O. The highest BCUT2D eigenvalue weighted by molar-refractivity contribution is 5.62. The van der Waals surface area contributed by atoms with E-state index in [1.54, 1.807) is 17.0 Å². The Hall–Kier alpha value is -1.40. The average molecular weight is 253 g/mol. The van der Waals surface area contributed by atoms with Gasteiger partial charge in [0.2, 0.25) is 0 Å². The summed E-state index contributed by atoms with van der Waals surface area (Å²) in [5.41, 5.74) is 5.37. The van der Waals surface area contributed by atoms with Gasteiger partial charge in [-0.25, -0.2) is 8.78 Å². The predicted molar refractivity (Wildman–Crippen MR) is 61.6 cm³/mol. The molecule has 1 aromatic rings. The first-order valence-corrected chi connectivity index (χ1v) is 5.99. The van der Waals surface area contributed by atoms with Crippen LogP contribution in [0.2, 0.25) is 0 Å². The largest absolute Gasteiger partial charge is 0.399 e. The standard InChI is InChI=1S/C12H13F2N3O/c1-16-11-12(18-16)3-2-9(12)17(11)10-7(13)4-6(15)5-8(10)14/h4-5,9,11H,2-3,15H2,1H3. The highest BCUT2D eigenvalue weighted by Crippen LogP contribution is 2.62. The molecule has 3 unspecified atom stereocenters. The van der Waals surface area contributed by atoms with Crippen molar-refractivity contribution in [3.8, 4) is 0 Å². The summed E-state index contributed by atoms with van der Waals surface area (Å²) in [6, 6.07) is 2.42. The SMILES string of the molecule is CN1OC23CCC2N(c2c(F)cc(N)cc2F)C13. The van der Waals surface area contributed by atoms with Gasteiger partial charge in [-0.3, -0.25) is 4.84 Å². The lowest BCUT2D eigenvalue weighted by molar-refractivity contribution is -0.450. The molecular weight excluding hydrogens is 240 g/mol. The molecule has 2 aliphatic heterocycles. The van der Waals surface area contributed by atoms with Gasteiger partial charge in [0.05, 0.1) is 6.04 Å². The minimum atomic E-state index is -0.603. The van der Waals surface area contributed by atoms with E-state index in [9.17, 15) is 8.78 Å². The van der Waals surface area contributed by atoms with E-state index < -0.39 is 11.6 Å². The van der Waals surface area contributed by atoms with Crippen LogP contribution in [0.3, 0.4) is 0 Å². The number of hydrogen-bond acceptors (Lipinski definition) is 4. The molecule has 0 aromatic heterocycles. The Morgan fingerprint density at radius 1 is 1.39 bits per heavy atom. The maximum Gasteiger partial charge on any atom is 0.151 e. The van der Waals surface area contributed by atoms with Crippen LogP contribution in [0.15, 0.2) is 12.1 Å². The van der Waals surface area contributed by atoms with E-state index in [4.69, 9.17) is 10.6 Å². The number of piperidine rings is 1. The Balaban J connectivity index is 1.77. The van der Waals surface area contributed by atoms with Crippen molar-refractivity contribution in [1.29, 1.82) is 0 Å². The fraction of sp³-hybridized carbons (Fsp3) is 0.500. The zero-order valence-electron chi connectivity index (χ0n) is 9.86. The molecule has 3 aliphatic rings. The van der Waals surface area contributed by atoms with E-state index in [0.717, 1.165) is 25.0 Å². The molecule has 3 atom stereocenters. The lowest BCUT2D eigenvalue weighted by atomic mass is 9.61. The van der Waals surface area contributed by atoms with Gasteiger partial charge in [-0.15, -0.1) is 0 Å². The molecule has 1 aromatic carbocycles. The molecule has 4 rings (SSSR count). The van der Waals surface area contributed by atoms with Crippen molar-refractivity contribution in [1.82, 2.24) is 5.06 Å². The van der Waals surface area contributed by atoms with E-state index >= 15 is 0 Å². The van der Waals surface area contributed by atoms with Gasteiger partial charge in [-0.2, -0.15) is 5.06 Å². The molecule has 2 saturated heterocycles. The molecule has 96 valence electrons. The van der Waals surface area contributed by atoms with E-state index in [2.05, 4.69) is 0 Å². The number of anilines is 2. The quantitative estimate of drug-likeness (QED) is 0.770. The maximum atomic E-state index is 13.9. The molecule has 0 amide bonds. The number of likely N-dealkylation sites (N-methyl/N-ethyl adjacent to an activating group) is 1. The first kappa shape index (κ1) is 10.5. The maximum absolute atomic E-state index is 13.9. The molecule has 4 nitrogen and oxygen atoms in total. The summed E-state index contributed by atoms with van der Waals surface area (Å²) in [4.78, 5) is 7.38. The number of rotatable bonds is 1. The Kier molecular flexibility index (Phi) is 1.72. The minimum absolute atomic E-state index is 0.0182. The van der Waals surface area contributed by atoms with Crippen LogP contribution in [0.1, 0.15) is 12.8 Å². The third-order valence-corrected chi connectivity index (χ3v) is 4.36. The fourth-order valence-corrected chi connectivity index (χ4v) is 3.57. The first-order chi connectivity index (χ1) is 8.54. The van der Waals surface area contributed by atoms with Gasteiger partial charge >= 0.3 is 0 Å². The zero-order valence-corrected chi connectivity index (χ0v) is 9.86. The van der Waals surface area contributed by atoms with E-state index in [0.29, 0.717) is 0 Å². The van der Waals surface area contributed by atoms with Crippen LogP contribution in [0, 0.1) is 11.6 Å². The summed E-state index contributed by atoms with van der Waals surface area (Å²) in [6.07, 6.45) is 1.82. The van der Waals surface area contributed by atoms with Crippen LogP contribution in [0.5, 0.6) is 0 Å². The zero-order chi connectivity index (χ0) is 12.7. The molecule has 2 N–H and O–H groups in total. The Morgan fingerprint density at radius 3 is 2.56 bits per heavy atom. The van der Waals surface area contributed by atoms with Gasteiger partial charge in [0.15, 0.2) is 11.6 Å². The molecule has 3 fully saturated rings. The summed E-state index contributed by atoms with van der Waals surface area (Å²) in [7, 11) is 1.78. The van der Waals surface area contributed by atoms with Crippen LogP contribution in [0.25, 0.3) is 0 Å². The van der Waals surface area contributed by atoms with Gasteiger partial charge in [0, 0.05) is 12.7 Å². The van der Waals surface area contributed by atoms with E-state index in [1.807, 2.05) is 0 Å². The van der Waals surface area contributed by atoms with Crippen molar-refractivity contribution < 1.29 is 13.6 Å². The van der Waals surface area contributed by atoms with Gasteiger partial charge in [-0.1, -0.05) is 0 Å². The number of nitrogens with two attached hydrogens (primary N) is 1. The summed E-state index contributed by atoms with van der Waals surface area (Å²) in [5.74, 6) is -1.21. The fourth-order valence-electron chi connectivity index (χ4n) is 3.57. The second-order valence-electron chi connectivity index (χ2n) is 5.26. The highest BCUT2D eigenvalue weighted by Gasteiger charge is 2.76. The van der Waals surface area contributed by atoms with Crippen LogP contribution in [0.4, 0.5) is 20.2 Å². The molecule has 2 heterocycles. The second kappa shape index (κ2) is 2.95. The van der Waals surface area contributed by atoms with Crippen molar-refractivity contribution in [2.45, 2.75) is 30.7 Å². The molecule has 1 spiro atoms. The molecule has 0 bridgehead atoms. The monoisotopic (exact) mass is 253 g/mol. The molecule has 1 aliphatic carbocycles. The van der Waals surface area contributed by atoms with Gasteiger partial charge < -0.3 is 10.6 Å². The lowest BCUT2D eigenvalue weighted by Gasteiger charge is -2.77. The van der Waals surface area contributed by atoms with Gasteiger partial charge in [-0.05, 0) is 25.0 Å². The number of hydrogen-bond donors (Lipinski definition) is 1. The predicted octanol–water partition coefficient (Wildman–Crippen LogP) is 1.47. The molecule has 0 radical (unpaired) electrons. The molecule has 18 heavy (non-hydrogen) atoms. The number of benzene rings is 1. The Morgan fingerprint density at radius 2 is 2.06 bits per heavy atom. The van der Waals surface area contributed by atoms with Crippen molar-refractivity contribution in [2.75, 3.05) is 17.7 Å². The summed E-state index contributed by atoms with van der Waals surface area (Å²) < 4.78 is 27.9.